The van der Waals surface area contributed by atoms with E-state index in [4.69, 9.17) is 0 Å². The van der Waals surface area contributed by atoms with Gasteiger partial charge < -0.3 is 0 Å². The fraction of sp³-hybridized carbons (Fsp3) is 0.667. The van der Waals surface area contributed by atoms with Crippen molar-refractivity contribution < 1.29 is 0 Å². The standard InChI is InChI=1S/C12H22/c1-5-6-7-8-12(4)10-9-11(2)3/h7-12H,5-6H2,1-4H3. The zero-order valence-electron chi connectivity index (χ0n) is 8.88. The van der Waals surface area contributed by atoms with Gasteiger partial charge in [-0.15, -0.1) is 0 Å². The second-order valence-electron chi connectivity index (χ2n) is 3.70. The molecule has 0 aromatic rings. The third kappa shape index (κ3) is 7.59. The summed E-state index contributed by atoms with van der Waals surface area (Å²) in [7, 11) is 0. The van der Waals surface area contributed by atoms with Crippen LogP contribution < -0.4 is 0 Å². The van der Waals surface area contributed by atoms with Gasteiger partial charge in [0, 0.05) is 0 Å². The third-order valence-corrected chi connectivity index (χ3v) is 1.69. The Hall–Kier alpha value is -0.520. The van der Waals surface area contributed by atoms with Crippen LogP contribution in [0.2, 0.25) is 0 Å². The van der Waals surface area contributed by atoms with Crippen molar-refractivity contribution >= 4 is 0 Å². The van der Waals surface area contributed by atoms with Crippen molar-refractivity contribution in [1.82, 2.24) is 0 Å². The van der Waals surface area contributed by atoms with Gasteiger partial charge in [-0.1, -0.05) is 58.4 Å². The average molecular weight is 166 g/mol. The third-order valence-electron chi connectivity index (χ3n) is 1.69. The van der Waals surface area contributed by atoms with Crippen molar-refractivity contribution in [2.75, 3.05) is 0 Å². The molecule has 0 nitrogen and oxygen atoms in total. The van der Waals surface area contributed by atoms with Crippen LogP contribution in [0.15, 0.2) is 24.3 Å². The largest absolute Gasteiger partial charge is 0.0880 e. The molecule has 0 fully saturated rings. The molecule has 0 aromatic heterocycles. The molecule has 1 unspecified atom stereocenters. The molecule has 0 aliphatic carbocycles. The Morgan fingerprint density at radius 1 is 1.00 bits per heavy atom. The maximum absolute atomic E-state index is 2.28. The van der Waals surface area contributed by atoms with Gasteiger partial charge in [0.2, 0.25) is 0 Å². The first-order valence-electron chi connectivity index (χ1n) is 5.01. The lowest BCUT2D eigenvalue weighted by molar-refractivity contribution is 0.808. The molecule has 12 heavy (non-hydrogen) atoms. The normalized spacial score (nSPS) is 15.1. The quantitative estimate of drug-likeness (QED) is 0.537. The number of unbranched alkanes of at least 4 members (excludes halogenated alkanes) is 1. The Labute approximate surface area is 77.4 Å². The summed E-state index contributed by atoms with van der Waals surface area (Å²) in [5.41, 5.74) is 0. The summed E-state index contributed by atoms with van der Waals surface area (Å²) in [6.07, 6.45) is 11.5. The molecular formula is C12H22. The van der Waals surface area contributed by atoms with E-state index in [1.54, 1.807) is 0 Å². The zero-order valence-corrected chi connectivity index (χ0v) is 8.88. The lowest BCUT2D eigenvalue weighted by Gasteiger charge is -1.99. The van der Waals surface area contributed by atoms with E-state index in [0.29, 0.717) is 11.8 Å². The van der Waals surface area contributed by atoms with Crippen molar-refractivity contribution in [3.8, 4) is 0 Å². The van der Waals surface area contributed by atoms with Crippen LogP contribution >= 0.6 is 0 Å². The molecule has 0 N–H and O–H groups in total. The number of hydrogen-bond donors (Lipinski definition) is 0. The van der Waals surface area contributed by atoms with Gasteiger partial charge in [0.1, 0.15) is 0 Å². The summed E-state index contributed by atoms with van der Waals surface area (Å²) in [5.74, 6) is 1.27. The van der Waals surface area contributed by atoms with Gasteiger partial charge in [-0.05, 0) is 18.3 Å². The van der Waals surface area contributed by atoms with Gasteiger partial charge in [0.05, 0.1) is 0 Å². The van der Waals surface area contributed by atoms with Crippen LogP contribution in [-0.4, -0.2) is 0 Å². The van der Waals surface area contributed by atoms with Crippen LogP contribution in [0.1, 0.15) is 40.5 Å². The highest BCUT2D eigenvalue weighted by Gasteiger charge is 1.89. The summed E-state index contributed by atoms with van der Waals surface area (Å²) < 4.78 is 0. The second-order valence-corrected chi connectivity index (χ2v) is 3.70. The predicted molar refractivity (Wildman–Crippen MR) is 57.2 cm³/mol. The van der Waals surface area contributed by atoms with E-state index in [0.717, 1.165) is 0 Å². The van der Waals surface area contributed by atoms with Gasteiger partial charge in [0.15, 0.2) is 0 Å². The molecule has 0 aliphatic rings. The summed E-state index contributed by atoms with van der Waals surface area (Å²) in [6, 6.07) is 0. The fourth-order valence-electron chi connectivity index (χ4n) is 0.939. The molecule has 0 aromatic carbocycles. The van der Waals surface area contributed by atoms with E-state index >= 15 is 0 Å². The van der Waals surface area contributed by atoms with E-state index < -0.39 is 0 Å². The van der Waals surface area contributed by atoms with E-state index in [9.17, 15) is 0 Å². The van der Waals surface area contributed by atoms with Crippen LogP contribution in [0.4, 0.5) is 0 Å². The monoisotopic (exact) mass is 166 g/mol. The minimum absolute atomic E-state index is 0.596. The average Bonchev–Trinajstić information content (AvgIpc) is 2.01. The molecule has 1 atom stereocenters. The topological polar surface area (TPSA) is 0 Å². The highest BCUT2D eigenvalue weighted by molar-refractivity contribution is 4.99. The molecule has 0 saturated carbocycles. The Kier molecular flexibility index (Phi) is 6.84. The van der Waals surface area contributed by atoms with E-state index in [2.05, 4.69) is 52.0 Å². The summed E-state index contributed by atoms with van der Waals surface area (Å²) in [6.45, 7) is 8.85. The molecule has 0 amide bonds. The SMILES string of the molecule is CCCC=CC(C)C=CC(C)C. The van der Waals surface area contributed by atoms with E-state index in [1.165, 1.54) is 12.8 Å². The Morgan fingerprint density at radius 3 is 2.17 bits per heavy atom. The number of hydrogen-bond acceptors (Lipinski definition) is 0. The molecule has 70 valence electrons. The lowest BCUT2D eigenvalue weighted by Crippen LogP contribution is -1.85. The molecule has 0 saturated heterocycles. The van der Waals surface area contributed by atoms with Gasteiger partial charge in [-0.2, -0.15) is 0 Å². The minimum Gasteiger partial charge on any atom is -0.0880 e. The maximum atomic E-state index is 2.28. The van der Waals surface area contributed by atoms with Crippen LogP contribution in [-0.2, 0) is 0 Å². The van der Waals surface area contributed by atoms with Gasteiger partial charge in [-0.3, -0.25) is 0 Å². The Balaban J connectivity index is 3.65. The van der Waals surface area contributed by atoms with Crippen molar-refractivity contribution in [2.24, 2.45) is 11.8 Å². The Bertz CT molecular complexity index is 140. The molecule has 0 rings (SSSR count). The zero-order chi connectivity index (χ0) is 9.40. The first kappa shape index (κ1) is 11.5. The molecule has 0 bridgehead atoms. The van der Waals surface area contributed by atoms with Crippen LogP contribution in [0, 0.1) is 11.8 Å². The molecule has 0 aliphatic heterocycles. The van der Waals surface area contributed by atoms with Gasteiger partial charge in [0.25, 0.3) is 0 Å². The Morgan fingerprint density at radius 2 is 1.67 bits per heavy atom. The van der Waals surface area contributed by atoms with E-state index in [1.807, 2.05) is 0 Å². The predicted octanol–water partition coefficient (Wildman–Crippen LogP) is 4.19. The van der Waals surface area contributed by atoms with Crippen LogP contribution in [0.5, 0.6) is 0 Å². The molecule has 0 radical (unpaired) electrons. The van der Waals surface area contributed by atoms with Gasteiger partial charge in [-0.25, -0.2) is 0 Å². The molecule has 0 spiro atoms. The number of allylic oxidation sites excluding steroid dienone is 4. The van der Waals surface area contributed by atoms with Crippen molar-refractivity contribution in [2.45, 2.75) is 40.5 Å². The van der Waals surface area contributed by atoms with Crippen molar-refractivity contribution in [1.29, 1.82) is 0 Å². The second kappa shape index (κ2) is 7.15. The maximum Gasteiger partial charge on any atom is -0.00818 e. The van der Waals surface area contributed by atoms with E-state index in [-0.39, 0.29) is 0 Å². The van der Waals surface area contributed by atoms with Crippen molar-refractivity contribution in [3.05, 3.63) is 24.3 Å². The van der Waals surface area contributed by atoms with Crippen LogP contribution in [0.3, 0.4) is 0 Å². The fourth-order valence-corrected chi connectivity index (χ4v) is 0.939. The molecular weight excluding hydrogens is 144 g/mol. The van der Waals surface area contributed by atoms with Crippen molar-refractivity contribution in [3.63, 3.8) is 0 Å². The highest BCUT2D eigenvalue weighted by Crippen LogP contribution is 2.04. The van der Waals surface area contributed by atoms with Crippen LogP contribution in [0.25, 0.3) is 0 Å². The summed E-state index contributed by atoms with van der Waals surface area (Å²) in [5, 5.41) is 0. The summed E-state index contributed by atoms with van der Waals surface area (Å²) >= 11 is 0. The molecule has 0 heteroatoms. The van der Waals surface area contributed by atoms with Gasteiger partial charge >= 0.3 is 0 Å². The summed E-state index contributed by atoms with van der Waals surface area (Å²) in [4.78, 5) is 0. The highest BCUT2D eigenvalue weighted by atomic mass is 14.0. The lowest BCUT2D eigenvalue weighted by atomic mass is 10.1. The smallest absolute Gasteiger partial charge is 0.00818 e. The first-order valence-corrected chi connectivity index (χ1v) is 5.01. The minimum atomic E-state index is 0.596. The first-order chi connectivity index (χ1) is 5.66. The molecule has 0 heterocycles. The number of rotatable bonds is 5.